The SMILES string of the molecule is CCc1ccc(NC(=O)[C@H](C)OC(=O)c2cc(S(N)(=O)=O)ccc2OC)cc1. The minimum absolute atomic E-state index is 0.0974. The van der Waals surface area contributed by atoms with E-state index >= 15 is 0 Å². The Morgan fingerprint density at radius 2 is 1.79 bits per heavy atom. The highest BCUT2D eigenvalue weighted by Gasteiger charge is 2.23. The van der Waals surface area contributed by atoms with Crippen molar-refractivity contribution in [2.24, 2.45) is 5.14 Å². The van der Waals surface area contributed by atoms with Gasteiger partial charge in [-0.2, -0.15) is 0 Å². The second-order valence-corrected chi connectivity index (χ2v) is 7.56. The molecule has 2 rings (SSSR count). The Labute approximate surface area is 163 Å². The molecule has 0 unspecified atom stereocenters. The zero-order chi connectivity index (χ0) is 20.9. The average molecular weight is 406 g/mol. The van der Waals surface area contributed by atoms with Gasteiger partial charge in [-0.05, 0) is 49.2 Å². The van der Waals surface area contributed by atoms with E-state index in [4.69, 9.17) is 14.6 Å². The van der Waals surface area contributed by atoms with Gasteiger partial charge < -0.3 is 14.8 Å². The number of carbonyl (C=O) groups excluding carboxylic acids is 2. The number of ether oxygens (including phenoxy) is 2. The number of methoxy groups -OCH3 is 1. The van der Waals surface area contributed by atoms with Crippen molar-refractivity contribution < 1.29 is 27.5 Å². The Kier molecular flexibility index (Phi) is 6.76. The summed E-state index contributed by atoms with van der Waals surface area (Å²) in [5.74, 6) is -1.34. The third-order valence-corrected chi connectivity index (χ3v) is 4.91. The van der Waals surface area contributed by atoms with Gasteiger partial charge in [0.25, 0.3) is 5.91 Å². The van der Waals surface area contributed by atoms with Gasteiger partial charge in [0.05, 0.1) is 12.0 Å². The van der Waals surface area contributed by atoms with Gasteiger partial charge in [-0.25, -0.2) is 18.4 Å². The molecule has 0 aliphatic carbocycles. The molecule has 0 aliphatic rings. The monoisotopic (exact) mass is 406 g/mol. The van der Waals surface area contributed by atoms with Crippen molar-refractivity contribution >= 4 is 27.6 Å². The maximum absolute atomic E-state index is 12.4. The quantitative estimate of drug-likeness (QED) is 0.678. The molecule has 0 heterocycles. The van der Waals surface area contributed by atoms with Crippen molar-refractivity contribution in [1.82, 2.24) is 0 Å². The van der Waals surface area contributed by atoms with E-state index in [1.165, 1.54) is 26.2 Å². The number of sulfonamides is 1. The van der Waals surface area contributed by atoms with Crippen LogP contribution in [-0.4, -0.2) is 33.5 Å². The van der Waals surface area contributed by atoms with Crippen LogP contribution in [0.3, 0.4) is 0 Å². The number of nitrogens with one attached hydrogen (secondary N) is 1. The van der Waals surface area contributed by atoms with Crippen LogP contribution >= 0.6 is 0 Å². The van der Waals surface area contributed by atoms with Crippen LogP contribution in [0.5, 0.6) is 5.75 Å². The normalized spacial score (nSPS) is 12.1. The molecular weight excluding hydrogens is 384 g/mol. The molecule has 1 amide bonds. The van der Waals surface area contributed by atoms with Crippen molar-refractivity contribution in [2.75, 3.05) is 12.4 Å². The molecule has 0 saturated heterocycles. The molecule has 28 heavy (non-hydrogen) atoms. The minimum Gasteiger partial charge on any atom is -0.496 e. The molecule has 9 heteroatoms. The molecule has 0 spiro atoms. The van der Waals surface area contributed by atoms with Gasteiger partial charge >= 0.3 is 5.97 Å². The third-order valence-electron chi connectivity index (χ3n) is 4.00. The van der Waals surface area contributed by atoms with Crippen molar-refractivity contribution in [3.63, 3.8) is 0 Å². The number of nitrogens with two attached hydrogens (primary N) is 1. The predicted molar refractivity (Wildman–Crippen MR) is 104 cm³/mol. The Bertz CT molecular complexity index is 970. The van der Waals surface area contributed by atoms with E-state index in [1.54, 1.807) is 12.1 Å². The fourth-order valence-electron chi connectivity index (χ4n) is 2.37. The molecular formula is C19H22N2O6S. The Balaban J connectivity index is 2.13. The molecule has 0 aromatic heterocycles. The topological polar surface area (TPSA) is 125 Å². The van der Waals surface area contributed by atoms with Crippen LogP contribution in [0.2, 0.25) is 0 Å². The molecule has 2 aromatic rings. The molecule has 3 N–H and O–H groups in total. The number of anilines is 1. The number of aryl methyl sites for hydroxylation is 1. The first kappa shape index (κ1) is 21.4. The van der Waals surface area contributed by atoms with Crippen LogP contribution in [0.4, 0.5) is 5.69 Å². The number of hydrogen-bond acceptors (Lipinski definition) is 6. The third kappa shape index (κ3) is 5.30. The predicted octanol–water partition coefficient (Wildman–Crippen LogP) is 2.09. The van der Waals surface area contributed by atoms with Crippen LogP contribution in [-0.2, 0) is 26.0 Å². The maximum atomic E-state index is 12.4. The van der Waals surface area contributed by atoms with E-state index in [-0.39, 0.29) is 16.2 Å². The highest BCUT2D eigenvalue weighted by molar-refractivity contribution is 7.89. The van der Waals surface area contributed by atoms with Crippen LogP contribution in [0.15, 0.2) is 47.4 Å². The molecule has 0 bridgehead atoms. The second kappa shape index (κ2) is 8.85. The molecule has 0 fully saturated rings. The summed E-state index contributed by atoms with van der Waals surface area (Å²) in [5, 5.41) is 7.74. The summed E-state index contributed by atoms with van der Waals surface area (Å²) < 4.78 is 33.2. The lowest BCUT2D eigenvalue weighted by atomic mass is 10.1. The number of hydrogen-bond donors (Lipinski definition) is 2. The van der Waals surface area contributed by atoms with E-state index in [0.717, 1.165) is 18.1 Å². The second-order valence-electron chi connectivity index (χ2n) is 5.99. The smallest absolute Gasteiger partial charge is 0.342 e. The summed E-state index contributed by atoms with van der Waals surface area (Å²) in [7, 11) is -2.70. The highest BCUT2D eigenvalue weighted by atomic mass is 32.2. The van der Waals surface area contributed by atoms with Gasteiger partial charge in [0, 0.05) is 5.69 Å². The first-order chi connectivity index (χ1) is 13.2. The zero-order valence-corrected chi connectivity index (χ0v) is 16.6. The van der Waals surface area contributed by atoms with Crippen LogP contribution in [0.25, 0.3) is 0 Å². The zero-order valence-electron chi connectivity index (χ0n) is 15.8. The average Bonchev–Trinajstić information content (AvgIpc) is 2.67. The van der Waals surface area contributed by atoms with E-state index in [1.807, 2.05) is 19.1 Å². The standard InChI is InChI=1S/C19H22N2O6S/c1-4-13-5-7-14(8-6-13)21-18(22)12(2)27-19(23)16-11-15(28(20,24)25)9-10-17(16)26-3/h5-12H,4H2,1-3H3,(H,21,22)(H2,20,24,25)/t12-/m0/s1. The molecule has 0 radical (unpaired) electrons. The molecule has 1 atom stereocenters. The van der Waals surface area contributed by atoms with Gasteiger partial charge in [0.2, 0.25) is 10.0 Å². The maximum Gasteiger partial charge on any atom is 0.342 e. The first-order valence-electron chi connectivity index (χ1n) is 8.47. The summed E-state index contributed by atoms with van der Waals surface area (Å²) in [6.45, 7) is 3.43. The molecule has 0 saturated carbocycles. The number of primary sulfonamides is 1. The fourth-order valence-corrected chi connectivity index (χ4v) is 2.91. The summed E-state index contributed by atoms with van der Waals surface area (Å²) in [5.41, 5.74) is 1.54. The van der Waals surface area contributed by atoms with Crippen molar-refractivity contribution in [3.05, 3.63) is 53.6 Å². The van der Waals surface area contributed by atoms with Crippen LogP contribution in [0, 0.1) is 0 Å². The summed E-state index contributed by atoms with van der Waals surface area (Å²) >= 11 is 0. The lowest BCUT2D eigenvalue weighted by Crippen LogP contribution is -2.30. The van der Waals surface area contributed by atoms with Gasteiger partial charge in [0.1, 0.15) is 11.3 Å². The summed E-state index contributed by atoms with van der Waals surface area (Å²) in [6, 6.07) is 10.8. The largest absolute Gasteiger partial charge is 0.496 e. The number of esters is 1. The van der Waals surface area contributed by atoms with Gasteiger partial charge in [-0.15, -0.1) is 0 Å². The van der Waals surface area contributed by atoms with Gasteiger partial charge in [0.15, 0.2) is 6.10 Å². The molecule has 8 nitrogen and oxygen atoms in total. The number of carbonyl (C=O) groups is 2. The molecule has 2 aromatic carbocycles. The lowest BCUT2D eigenvalue weighted by Gasteiger charge is -2.15. The van der Waals surface area contributed by atoms with E-state index in [2.05, 4.69) is 5.32 Å². The Morgan fingerprint density at radius 1 is 1.14 bits per heavy atom. The van der Waals surface area contributed by atoms with E-state index in [9.17, 15) is 18.0 Å². The highest BCUT2D eigenvalue weighted by Crippen LogP contribution is 2.23. The Hall–Kier alpha value is -2.91. The van der Waals surface area contributed by atoms with E-state index < -0.39 is 28.0 Å². The number of amides is 1. The van der Waals surface area contributed by atoms with Crippen molar-refractivity contribution in [3.8, 4) is 5.75 Å². The summed E-state index contributed by atoms with van der Waals surface area (Å²) in [6.07, 6.45) is -0.247. The van der Waals surface area contributed by atoms with Crippen LogP contribution in [0.1, 0.15) is 29.8 Å². The number of rotatable bonds is 7. The lowest BCUT2D eigenvalue weighted by molar-refractivity contribution is -0.123. The van der Waals surface area contributed by atoms with Gasteiger partial charge in [-0.3, -0.25) is 4.79 Å². The van der Waals surface area contributed by atoms with Crippen LogP contribution < -0.4 is 15.2 Å². The number of benzene rings is 2. The van der Waals surface area contributed by atoms with Crippen molar-refractivity contribution in [1.29, 1.82) is 0 Å². The fraction of sp³-hybridized carbons (Fsp3) is 0.263. The molecule has 0 aliphatic heterocycles. The molecule has 150 valence electrons. The summed E-state index contributed by atoms with van der Waals surface area (Å²) in [4.78, 5) is 24.4. The van der Waals surface area contributed by atoms with E-state index in [0.29, 0.717) is 5.69 Å². The minimum atomic E-state index is -4.02. The van der Waals surface area contributed by atoms with Gasteiger partial charge in [-0.1, -0.05) is 19.1 Å². The Morgan fingerprint density at radius 3 is 2.32 bits per heavy atom. The first-order valence-corrected chi connectivity index (χ1v) is 10.0. The van der Waals surface area contributed by atoms with Crippen molar-refractivity contribution in [2.45, 2.75) is 31.3 Å².